The Morgan fingerprint density at radius 1 is 1.26 bits per heavy atom. The van der Waals surface area contributed by atoms with Gasteiger partial charge >= 0.3 is 0 Å². The molecule has 132 valence electrons. The molecule has 1 aliphatic rings. The SMILES string of the molecule is CCNC(=NCCCCN1CCCC1)NCCc1cccs1.I. The summed E-state index contributed by atoms with van der Waals surface area (Å²) < 4.78 is 0. The van der Waals surface area contributed by atoms with Crippen molar-refractivity contribution in [3.8, 4) is 0 Å². The second kappa shape index (κ2) is 13.0. The number of nitrogens with zero attached hydrogens (tertiary/aromatic N) is 2. The molecule has 0 aliphatic carbocycles. The van der Waals surface area contributed by atoms with Crippen LogP contribution in [-0.2, 0) is 6.42 Å². The van der Waals surface area contributed by atoms with E-state index in [2.05, 4.69) is 45.0 Å². The zero-order valence-electron chi connectivity index (χ0n) is 14.2. The number of aliphatic imine (C=N–C) groups is 1. The molecule has 23 heavy (non-hydrogen) atoms. The van der Waals surface area contributed by atoms with Crippen molar-refractivity contribution in [2.24, 2.45) is 4.99 Å². The quantitative estimate of drug-likeness (QED) is 0.263. The van der Waals surface area contributed by atoms with Crippen LogP contribution in [0.25, 0.3) is 0 Å². The lowest BCUT2D eigenvalue weighted by atomic mass is 10.3. The fourth-order valence-corrected chi connectivity index (χ4v) is 3.45. The summed E-state index contributed by atoms with van der Waals surface area (Å²) in [6, 6.07) is 4.30. The summed E-state index contributed by atoms with van der Waals surface area (Å²) in [6.45, 7) is 8.75. The number of likely N-dealkylation sites (tertiary alicyclic amines) is 1. The van der Waals surface area contributed by atoms with Crippen molar-refractivity contribution < 1.29 is 0 Å². The fraction of sp³-hybridized carbons (Fsp3) is 0.706. The van der Waals surface area contributed by atoms with E-state index in [1.807, 2.05) is 11.3 Å². The normalized spacial score (nSPS) is 15.4. The minimum absolute atomic E-state index is 0. The van der Waals surface area contributed by atoms with Gasteiger partial charge in [-0.25, -0.2) is 0 Å². The fourth-order valence-electron chi connectivity index (χ4n) is 2.74. The van der Waals surface area contributed by atoms with Gasteiger partial charge in [0, 0.05) is 24.5 Å². The Bertz CT molecular complexity index is 416. The predicted molar refractivity (Wildman–Crippen MR) is 112 cm³/mol. The minimum atomic E-state index is 0. The molecule has 4 nitrogen and oxygen atoms in total. The van der Waals surface area contributed by atoms with Crippen LogP contribution >= 0.6 is 35.3 Å². The third-order valence-electron chi connectivity index (χ3n) is 3.94. The number of unbranched alkanes of at least 4 members (excludes halogenated alkanes) is 1. The third kappa shape index (κ3) is 8.91. The Hall–Kier alpha value is -0.340. The lowest BCUT2D eigenvalue weighted by Crippen LogP contribution is -2.38. The number of guanidine groups is 1. The molecule has 2 heterocycles. The third-order valence-corrected chi connectivity index (χ3v) is 4.88. The molecule has 1 aromatic rings. The van der Waals surface area contributed by atoms with Crippen molar-refractivity contribution >= 4 is 41.3 Å². The van der Waals surface area contributed by atoms with Gasteiger partial charge in [0.1, 0.15) is 0 Å². The smallest absolute Gasteiger partial charge is 0.191 e. The summed E-state index contributed by atoms with van der Waals surface area (Å²) in [5.41, 5.74) is 0. The van der Waals surface area contributed by atoms with Gasteiger partial charge in [0.05, 0.1) is 0 Å². The Labute approximate surface area is 162 Å². The largest absolute Gasteiger partial charge is 0.357 e. The van der Waals surface area contributed by atoms with Crippen molar-refractivity contribution in [2.75, 3.05) is 39.3 Å². The highest BCUT2D eigenvalue weighted by atomic mass is 127. The zero-order chi connectivity index (χ0) is 15.5. The number of hydrogen-bond donors (Lipinski definition) is 2. The molecule has 1 saturated heterocycles. The van der Waals surface area contributed by atoms with Crippen LogP contribution in [0.4, 0.5) is 0 Å². The van der Waals surface area contributed by atoms with Crippen molar-refractivity contribution in [1.82, 2.24) is 15.5 Å². The average Bonchev–Trinajstić information content (AvgIpc) is 3.20. The maximum Gasteiger partial charge on any atom is 0.191 e. The molecule has 0 amide bonds. The first-order valence-corrected chi connectivity index (χ1v) is 9.53. The van der Waals surface area contributed by atoms with E-state index in [0.717, 1.165) is 32.0 Å². The Morgan fingerprint density at radius 2 is 2.09 bits per heavy atom. The van der Waals surface area contributed by atoms with Crippen LogP contribution in [-0.4, -0.2) is 50.1 Å². The van der Waals surface area contributed by atoms with Crippen LogP contribution in [0, 0.1) is 0 Å². The van der Waals surface area contributed by atoms with Crippen molar-refractivity contribution in [3.05, 3.63) is 22.4 Å². The van der Waals surface area contributed by atoms with Crippen molar-refractivity contribution in [1.29, 1.82) is 0 Å². The van der Waals surface area contributed by atoms with Crippen LogP contribution in [0.5, 0.6) is 0 Å². The summed E-state index contributed by atoms with van der Waals surface area (Å²) in [5.74, 6) is 0.959. The molecule has 0 atom stereocenters. The van der Waals surface area contributed by atoms with Gasteiger partial charge in [0.25, 0.3) is 0 Å². The van der Waals surface area contributed by atoms with Crippen LogP contribution in [0.2, 0.25) is 0 Å². The monoisotopic (exact) mass is 450 g/mol. The van der Waals surface area contributed by atoms with Crippen LogP contribution in [0.1, 0.15) is 37.5 Å². The molecule has 0 aromatic carbocycles. The molecular formula is C17H31IN4S. The number of halogens is 1. The van der Waals surface area contributed by atoms with E-state index in [-0.39, 0.29) is 24.0 Å². The molecule has 2 N–H and O–H groups in total. The summed E-state index contributed by atoms with van der Waals surface area (Å²) in [7, 11) is 0. The highest BCUT2D eigenvalue weighted by Gasteiger charge is 2.09. The van der Waals surface area contributed by atoms with Crippen LogP contribution in [0.15, 0.2) is 22.5 Å². The molecule has 0 unspecified atom stereocenters. The van der Waals surface area contributed by atoms with E-state index < -0.39 is 0 Å². The van der Waals surface area contributed by atoms with Gasteiger partial charge in [-0.15, -0.1) is 35.3 Å². The molecule has 2 rings (SSSR count). The lowest BCUT2D eigenvalue weighted by Gasteiger charge is -2.14. The van der Waals surface area contributed by atoms with E-state index in [9.17, 15) is 0 Å². The number of thiophene rings is 1. The minimum Gasteiger partial charge on any atom is -0.357 e. The Morgan fingerprint density at radius 3 is 2.78 bits per heavy atom. The van der Waals surface area contributed by atoms with Gasteiger partial charge in [-0.1, -0.05) is 6.07 Å². The number of rotatable bonds is 9. The maximum atomic E-state index is 4.68. The van der Waals surface area contributed by atoms with Gasteiger partial charge in [0.2, 0.25) is 0 Å². The van der Waals surface area contributed by atoms with E-state index >= 15 is 0 Å². The van der Waals surface area contributed by atoms with Gasteiger partial charge in [-0.2, -0.15) is 0 Å². The molecule has 1 fully saturated rings. The average molecular weight is 450 g/mol. The van der Waals surface area contributed by atoms with Gasteiger partial charge in [-0.3, -0.25) is 4.99 Å². The van der Waals surface area contributed by atoms with Gasteiger partial charge < -0.3 is 15.5 Å². The first-order valence-electron chi connectivity index (χ1n) is 8.65. The Balaban J connectivity index is 0.00000264. The zero-order valence-corrected chi connectivity index (χ0v) is 17.4. The first-order chi connectivity index (χ1) is 10.9. The molecule has 6 heteroatoms. The van der Waals surface area contributed by atoms with Crippen LogP contribution in [0.3, 0.4) is 0 Å². The molecule has 1 aromatic heterocycles. The molecule has 1 aliphatic heterocycles. The first kappa shape index (κ1) is 20.7. The number of nitrogens with one attached hydrogen (secondary N) is 2. The molecular weight excluding hydrogens is 419 g/mol. The van der Waals surface area contributed by atoms with E-state index in [0.29, 0.717) is 0 Å². The van der Waals surface area contributed by atoms with Crippen molar-refractivity contribution in [3.63, 3.8) is 0 Å². The molecule has 0 saturated carbocycles. The second-order valence-corrected chi connectivity index (χ2v) is 6.80. The maximum absolute atomic E-state index is 4.68. The van der Waals surface area contributed by atoms with E-state index in [4.69, 9.17) is 0 Å². The van der Waals surface area contributed by atoms with E-state index in [1.54, 1.807) is 0 Å². The van der Waals surface area contributed by atoms with Crippen molar-refractivity contribution in [2.45, 2.75) is 39.0 Å². The summed E-state index contributed by atoms with van der Waals surface area (Å²) >= 11 is 1.82. The second-order valence-electron chi connectivity index (χ2n) is 5.77. The van der Waals surface area contributed by atoms with Gasteiger partial charge in [-0.05, 0) is 70.1 Å². The summed E-state index contributed by atoms with van der Waals surface area (Å²) in [6.07, 6.45) is 6.28. The molecule has 0 radical (unpaired) electrons. The van der Waals surface area contributed by atoms with E-state index in [1.165, 1.54) is 50.2 Å². The number of hydrogen-bond acceptors (Lipinski definition) is 3. The highest BCUT2D eigenvalue weighted by molar-refractivity contribution is 14.0. The van der Waals surface area contributed by atoms with Gasteiger partial charge in [0.15, 0.2) is 5.96 Å². The van der Waals surface area contributed by atoms with Crippen LogP contribution < -0.4 is 10.6 Å². The Kier molecular flexibility index (Phi) is 11.7. The summed E-state index contributed by atoms with van der Waals surface area (Å²) in [4.78, 5) is 8.68. The summed E-state index contributed by atoms with van der Waals surface area (Å²) in [5, 5.41) is 8.89. The molecule has 0 spiro atoms. The highest BCUT2D eigenvalue weighted by Crippen LogP contribution is 2.09. The predicted octanol–water partition coefficient (Wildman–Crippen LogP) is 3.34. The topological polar surface area (TPSA) is 39.7 Å². The molecule has 0 bridgehead atoms. The standard InChI is InChI=1S/C17H30N4S.HI/c1-2-18-17(20-11-9-16-8-7-15-22-16)19-10-3-4-12-21-13-5-6-14-21;/h7-8,15H,2-6,9-14H2,1H3,(H2,18,19,20);1H. The lowest BCUT2D eigenvalue weighted by molar-refractivity contribution is 0.331.